The summed E-state index contributed by atoms with van der Waals surface area (Å²) < 4.78 is 5.16. The van der Waals surface area contributed by atoms with Gasteiger partial charge in [-0.15, -0.1) is 0 Å². The van der Waals surface area contributed by atoms with Gasteiger partial charge in [-0.05, 0) is 20.3 Å². The molecule has 4 heteroatoms. The molecule has 15 heavy (non-hydrogen) atoms. The molecule has 0 aromatic rings. The molecule has 0 saturated heterocycles. The molecule has 0 radical (unpaired) electrons. The van der Waals surface area contributed by atoms with Gasteiger partial charge in [0.05, 0.1) is 11.7 Å². The number of carbonyl (C=O) groups excluding carboxylic acids is 1. The van der Waals surface area contributed by atoms with Crippen LogP contribution in [-0.4, -0.2) is 25.2 Å². The lowest BCUT2D eigenvalue weighted by Crippen LogP contribution is -2.41. The van der Waals surface area contributed by atoms with Gasteiger partial charge in [0.2, 0.25) is 5.91 Å². The lowest BCUT2D eigenvalue weighted by molar-refractivity contribution is -0.124. The second kappa shape index (κ2) is 6.41. The molecule has 0 bridgehead atoms. The summed E-state index contributed by atoms with van der Waals surface area (Å²) in [5, 5.41) is 11.5. The third-order valence-electron chi connectivity index (χ3n) is 2.29. The normalized spacial score (nSPS) is 13.0. The van der Waals surface area contributed by atoms with Gasteiger partial charge in [0, 0.05) is 13.7 Å². The molecule has 4 nitrogen and oxygen atoms in total. The molecular formula is C11H20N2O2. The van der Waals surface area contributed by atoms with Crippen LogP contribution in [0.15, 0.2) is 0 Å². The van der Waals surface area contributed by atoms with Crippen molar-refractivity contribution in [3.8, 4) is 6.07 Å². The van der Waals surface area contributed by atoms with E-state index in [-0.39, 0.29) is 11.5 Å². The molecule has 0 aromatic heterocycles. The highest BCUT2D eigenvalue weighted by Gasteiger charge is 2.21. The molecule has 0 fully saturated rings. The minimum Gasteiger partial charge on any atom is -0.377 e. The van der Waals surface area contributed by atoms with Crippen LogP contribution in [0.2, 0.25) is 0 Å². The number of ether oxygens (including phenoxy) is 1. The van der Waals surface area contributed by atoms with Crippen LogP contribution in [-0.2, 0) is 9.53 Å². The Hall–Kier alpha value is -1.08. The largest absolute Gasteiger partial charge is 0.377 e. The number of rotatable bonds is 6. The van der Waals surface area contributed by atoms with Crippen LogP contribution in [0.4, 0.5) is 0 Å². The van der Waals surface area contributed by atoms with E-state index < -0.39 is 5.92 Å². The maximum atomic E-state index is 11.5. The molecular weight excluding hydrogens is 192 g/mol. The van der Waals surface area contributed by atoms with Crippen LogP contribution < -0.4 is 5.32 Å². The molecule has 0 aliphatic carbocycles. The van der Waals surface area contributed by atoms with Gasteiger partial charge in [0.25, 0.3) is 0 Å². The van der Waals surface area contributed by atoms with Gasteiger partial charge >= 0.3 is 0 Å². The molecule has 86 valence electrons. The first-order chi connectivity index (χ1) is 6.96. The van der Waals surface area contributed by atoms with E-state index >= 15 is 0 Å². The highest BCUT2D eigenvalue weighted by atomic mass is 16.5. The van der Waals surface area contributed by atoms with Crippen molar-refractivity contribution in [3.63, 3.8) is 0 Å². The van der Waals surface area contributed by atoms with Crippen molar-refractivity contribution in [1.29, 1.82) is 5.26 Å². The Morgan fingerprint density at radius 3 is 2.60 bits per heavy atom. The van der Waals surface area contributed by atoms with Gasteiger partial charge in [0.15, 0.2) is 0 Å². The van der Waals surface area contributed by atoms with E-state index in [9.17, 15) is 4.79 Å². The molecule has 0 rings (SSSR count). The Morgan fingerprint density at radius 1 is 1.60 bits per heavy atom. The summed E-state index contributed by atoms with van der Waals surface area (Å²) in [4.78, 5) is 11.5. The second-order valence-corrected chi connectivity index (χ2v) is 4.15. The monoisotopic (exact) mass is 212 g/mol. The van der Waals surface area contributed by atoms with Crippen LogP contribution in [0.3, 0.4) is 0 Å². The van der Waals surface area contributed by atoms with E-state index in [0.29, 0.717) is 13.0 Å². The van der Waals surface area contributed by atoms with Gasteiger partial charge < -0.3 is 10.1 Å². The van der Waals surface area contributed by atoms with Gasteiger partial charge in [-0.2, -0.15) is 5.26 Å². The Morgan fingerprint density at radius 2 is 2.20 bits per heavy atom. The molecule has 0 spiro atoms. The molecule has 0 aromatic carbocycles. The third kappa shape index (κ3) is 5.38. The SMILES string of the molecule is CCCC(C#N)C(=O)NCC(C)(C)OC. The number of methoxy groups -OCH3 is 1. The predicted octanol–water partition coefficient (Wildman–Crippen LogP) is 1.47. The summed E-state index contributed by atoms with van der Waals surface area (Å²) in [7, 11) is 1.60. The molecule has 0 saturated carbocycles. The average molecular weight is 212 g/mol. The number of carbonyl (C=O) groups is 1. The zero-order chi connectivity index (χ0) is 11.9. The number of hydrogen-bond donors (Lipinski definition) is 1. The highest BCUT2D eigenvalue weighted by Crippen LogP contribution is 2.08. The standard InChI is InChI=1S/C11H20N2O2/c1-5-6-9(7-12)10(14)13-8-11(2,3)15-4/h9H,5-6,8H2,1-4H3,(H,13,14). The fourth-order valence-electron chi connectivity index (χ4n) is 1.04. The first-order valence-electron chi connectivity index (χ1n) is 5.19. The molecule has 0 aliphatic rings. The van der Waals surface area contributed by atoms with E-state index in [1.165, 1.54) is 0 Å². The van der Waals surface area contributed by atoms with Gasteiger partial charge in [-0.1, -0.05) is 13.3 Å². The van der Waals surface area contributed by atoms with E-state index in [0.717, 1.165) is 6.42 Å². The van der Waals surface area contributed by atoms with Gasteiger partial charge in [-0.3, -0.25) is 4.79 Å². The zero-order valence-corrected chi connectivity index (χ0v) is 9.96. The van der Waals surface area contributed by atoms with Gasteiger partial charge in [-0.25, -0.2) is 0 Å². The van der Waals surface area contributed by atoms with Crippen molar-refractivity contribution < 1.29 is 9.53 Å². The predicted molar refractivity (Wildman–Crippen MR) is 58.1 cm³/mol. The Kier molecular flexibility index (Phi) is 5.95. The summed E-state index contributed by atoms with van der Waals surface area (Å²) in [6, 6.07) is 2.00. The third-order valence-corrected chi connectivity index (χ3v) is 2.29. The van der Waals surface area contributed by atoms with Crippen LogP contribution in [0.25, 0.3) is 0 Å². The lowest BCUT2D eigenvalue weighted by atomic mass is 10.0. The van der Waals surface area contributed by atoms with Crippen LogP contribution in [0.5, 0.6) is 0 Å². The van der Waals surface area contributed by atoms with Crippen molar-refractivity contribution in [2.75, 3.05) is 13.7 Å². The van der Waals surface area contributed by atoms with Crippen LogP contribution in [0, 0.1) is 17.2 Å². The molecule has 0 aliphatic heterocycles. The average Bonchev–Trinajstić information content (AvgIpc) is 2.22. The van der Waals surface area contributed by atoms with Crippen LogP contribution in [0.1, 0.15) is 33.6 Å². The number of nitrogens with zero attached hydrogens (tertiary/aromatic N) is 1. The highest BCUT2D eigenvalue weighted by molar-refractivity contribution is 5.81. The Bertz CT molecular complexity index is 243. The fraction of sp³-hybridized carbons (Fsp3) is 0.818. The number of amides is 1. The van der Waals surface area contributed by atoms with E-state index in [1.54, 1.807) is 7.11 Å². The maximum absolute atomic E-state index is 11.5. The quantitative estimate of drug-likeness (QED) is 0.725. The first-order valence-corrected chi connectivity index (χ1v) is 5.19. The zero-order valence-electron chi connectivity index (χ0n) is 9.96. The van der Waals surface area contributed by atoms with E-state index in [1.807, 2.05) is 26.8 Å². The van der Waals surface area contributed by atoms with E-state index in [4.69, 9.17) is 10.00 Å². The summed E-state index contributed by atoms with van der Waals surface area (Å²) in [5.74, 6) is -0.743. The first kappa shape index (κ1) is 13.9. The van der Waals surface area contributed by atoms with Crippen LogP contribution >= 0.6 is 0 Å². The molecule has 1 unspecified atom stereocenters. The van der Waals surface area contributed by atoms with Crippen molar-refractivity contribution in [2.45, 2.75) is 39.2 Å². The number of nitriles is 1. The summed E-state index contributed by atoms with van der Waals surface area (Å²) in [6.07, 6.45) is 1.44. The summed E-state index contributed by atoms with van der Waals surface area (Å²) in [5.41, 5.74) is -0.387. The maximum Gasteiger partial charge on any atom is 0.237 e. The Labute approximate surface area is 91.6 Å². The smallest absolute Gasteiger partial charge is 0.237 e. The van der Waals surface area contributed by atoms with E-state index in [2.05, 4.69) is 5.32 Å². The number of hydrogen-bond acceptors (Lipinski definition) is 3. The minimum atomic E-state index is -0.539. The second-order valence-electron chi connectivity index (χ2n) is 4.15. The van der Waals surface area contributed by atoms with Crippen molar-refractivity contribution in [3.05, 3.63) is 0 Å². The Balaban J connectivity index is 4.08. The van der Waals surface area contributed by atoms with Crippen molar-refractivity contribution >= 4 is 5.91 Å². The summed E-state index contributed by atoms with van der Waals surface area (Å²) in [6.45, 7) is 6.14. The van der Waals surface area contributed by atoms with Crippen molar-refractivity contribution in [2.24, 2.45) is 5.92 Å². The topological polar surface area (TPSA) is 62.1 Å². The lowest BCUT2D eigenvalue weighted by Gasteiger charge is -2.23. The van der Waals surface area contributed by atoms with Gasteiger partial charge in [0.1, 0.15) is 5.92 Å². The number of nitrogens with one attached hydrogen (secondary N) is 1. The molecule has 1 amide bonds. The molecule has 0 heterocycles. The molecule has 1 N–H and O–H groups in total. The van der Waals surface area contributed by atoms with Crippen molar-refractivity contribution in [1.82, 2.24) is 5.32 Å². The minimum absolute atomic E-state index is 0.204. The fourth-order valence-corrected chi connectivity index (χ4v) is 1.04. The summed E-state index contributed by atoms with van der Waals surface area (Å²) >= 11 is 0. The molecule has 1 atom stereocenters.